The Balaban J connectivity index is 2.20. The summed E-state index contributed by atoms with van der Waals surface area (Å²) >= 11 is 0. The van der Waals surface area contributed by atoms with E-state index in [-0.39, 0.29) is 5.75 Å². The van der Waals surface area contributed by atoms with Crippen LogP contribution in [0.4, 0.5) is 0 Å². The first-order valence-corrected chi connectivity index (χ1v) is 6.05. The topological polar surface area (TPSA) is 40.5 Å². The van der Waals surface area contributed by atoms with Crippen LogP contribution in [0.3, 0.4) is 0 Å². The van der Waals surface area contributed by atoms with Crippen molar-refractivity contribution in [1.29, 1.82) is 0 Å². The van der Waals surface area contributed by atoms with Crippen LogP contribution >= 0.6 is 0 Å². The molecule has 2 rings (SSSR count). The van der Waals surface area contributed by atoms with Crippen molar-refractivity contribution in [1.82, 2.24) is 0 Å². The molecule has 0 aromatic heterocycles. The van der Waals surface area contributed by atoms with Crippen molar-refractivity contribution in [2.75, 3.05) is 0 Å². The molecule has 18 heavy (non-hydrogen) atoms. The largest absolute Gasteiger partial charge is 0.508 e. The first kappa shape index (κ1) is 12.7. The van der Waals surface area contributed by atoms with Crippen molar-refractivity contribution in [2.45, 2.75) is 25.9 Å². The first-order chi connectivity index (χ1) is 8.47. The summed E-state index contributed by atoms with van der Waals surface area (Å²) in [6.07, 6.45) is 0.554. The first-order valence-electron chi connectivity index (χ1n) is 6.05. The quantitative estimate of drug-likeness (QED) is 0.868. The van der Waals surface area contributed by atoms with Gasteiger partial charge >= 0.3 is 0 Å². The molecule has 2 N–H and O–H groups in total. The average molecular weight is 242 g/mol. The second kappa shape index (κ2) is 4.83. The minimum atomic E-state index is -0.928. The summed E-state index contributed by atoms with van der Waals surface area (Å²) in [6.45, 7) is 3.83. The Morgan fingerprint density at radius 2 is 1.50 bits per heavy atom. The van der Waals surface area contributed by atoms with E-state index in [0.29, 0.717) is 6.42 Å². The second-order valence-corrected chi connectivity index (χ2v) is 4.98. The summed E-state index contributed by atoms with van der Waals surface area (Å²) < 4.78 is 0. The molecule has 0 aliphatic heterocycles. The van der Waals surface area contributed by atoms with Gasteiger partial charge in [0.05, 0.1) is 5.60 Å². The van der Waals surface area contributed by atoms with Gasteiger partial charge in [-0.2, -0.15) is 0 Å². The molecule has 0 aliphatic carbocycles. The third kappa shape index (κ3) is 2.90. The van der Waals surface area contributed by atoms with Gasteiger partial charge < -0.3 is 10.2 Å². The highest BCUT2D eigenvalue weighted by molar-refractivity contribution is 5.31. The van der Waals surface area contributed by atoms with E-state index in [1.54, 1.807) is 31.2 Å². The van der Waals surface area contributed by atoms with E-state index in [9.17, 15) is 10.2 Å². The Morgan fingerprint density at radius 1 is 0.944 bits per heavy atom. The standard InChI is InChI=1S/C16H18O2/c1-12-3-5-13(6-4-12)11-16(2,18)14-7-9-15(17)10-8-14/h3-10,17-18H,11H2,1-2H3. The maximum atomic E-state index is 10.5. The van der Waals surface area contributed by atoms with Crippen molar-refractivity contribution >= 4 is 0 Å². The Morgan fingerprint density at radius 3 is 2.06 bits per heavy atom. The molecule has 0 saturated heterocycles. The Bertz CT molecular complexity index is 510. The molecule has 2 nitrogen and oxygen atoms in total. The van der Waals surface area contributed by atoms with E-state index >= 15 is 0 Å². The smallest absolute Gasteiger partial charge is 0.115 e. The molecule has 0 saturated carbocycles. The third-order valence-electron chi connectivity index (χ3n) is 3.16. The van der Waals surface area contributed by atoms with Gasteiger partial charge in [-0.3, -0.25) is 0 Å². The maximum absolute atomic E-state index is 10.5. The van der Waals surface area contributed by atoms with Gasteiger partial charge in [0.25, 0.3) is 0 Å². The lowest BCUT2D eigenvalue weighted by Crippen LogP contribution is -2.24. The number of aliphatic hydroxyl groups is 1. The molecule has 1 unspecified atom stereocenters. The molecular formula is C16H18O2. The molecular weight excluding hydrogens is 224 g/mol. The summed E-state index contributed by atoms with van der Waals surface area (Å²) in [5.41, 5.74) is 2.19. The van der Waals surface area contributed by atoms with E-state index in [0.717, 1.165) is 11.1 Å². The van der Waals surface area contributed by atoms with Crippen LogP contribution in [0.1, 0.15) is 23.6 Å². The minimum absolute atomic E-state index is 0.213. The summed E-state index contributed by atoms with van der Waals surface area (Å²) in [7, 11) is 0. The number of hydrogen-bond donors (Lipinski definition) is 2. The molecule has 0 fully saturated rings. The lowest BCUT2D eigenvalue weighted by Gasteiger charge is -2.24. The zero-order valence-electron chi connectivity index (χ0n) is 10.7. The lowest BCUT2D eigenvalue weighted by molar-refractivity contribution is 0.0576. The van der Waals surface area contributed by atoms with Crippen LogP contribution in [0.15, 0.2) is 48.5 Å². The van der Waals surface area contributed by atoms with Crippen LogP contribution in [-0.4, -0.2) is 10.2 Å². The van der Waals surface area contributed by atoms with Crippen molar-refractivity contribution in [3.63, 3.8) is 0 Å². The number of rotatable bonds is 3. The van der Waals surface area contributed by atoms with Crippen LogP contribution in [0.2, 0.25) is 0 Å². The molecule has 2 aromatic carbocycles. The fourth-order valence-electron chi connectivity index (χ4n) is 2.03. The monoisotopic (exact) mass is 242 g/mol. The van der Waals surface area contributed by atoms with Gasteiger partial charge in [0.15, 0.2) is 0 Å². The fourth-order valence-corrected chi connectivity index (χ4v) is 2.03. The van der Waals surface area contributed by atoms with Crippen LogP contribution < -0.4 is 0 Å². The normalized spacial score (nSPS) is 14.2. The molecule has 0 spiro atoms. The van der Waals surface area contributed by atoms with Gasteiger partial charge in [0.2, 0.25) is 0 Å². The highest BCUT2D eigenvalue weighted by Crippen LogP contribution is 2.26. The lowest BCUT2D eigenvalue weighted by atomic mass is 9.89. The predicted molar refractivity (Wildman–Crippen MR) is 72.6 cm³/mol. The zero-order valence-corrected chi connectivity index (χ0v) is 10.7. The summed E-state index contributed by atoms with van der Waals surface area (Å²) in [5.74, 6) is 0.213. The van der Waals surface area contributed by atoms with Crippen molar-refractivity contribution in [3.8, 4) is 5.75 Å². The van der Waals surface area contributed by atoms with Gasteiger partial charge in [-0.1, -0.05) is 42.0 Å². The number of phenols is 1. The predicted octanol–water partition coefficient (Wildman–Crippen LogP) is 3.15. The molecule has 94 valence electrons. The van der Waals surface area contributed by atoms with Crippen LogP contribution in [0.5, 0.6) is 5.75 Å². The number of benzene rings is 2. The highest BCUT2D eigenvalue weighted by atomic mass is 16.3. The molecule has 0 bridgehead atoms. The zero-order chi connectivity index (χ0) is 13.2. The van der Waals surface area contributed by atoms with E-state index in [4.69, 9.17) is 0 Å². The van der Waals surface area contributed by atoms with E-state index < -0.39 is 5.60 Å². The van der Waals surface area contributed by atoms with Gasteiger partial charge in [0, 0.05) is 6.42 Å². The van der Waals surface area contributed by atoms with Crippen LogP contribution in [-0.2, 0) is 12.0 Å². The Kier molecular flexibility index (Phi) is 3.39. The van der Waals surface area contributed by atoms with Crippen molar-refractivity contribution in [3.05, 3.63) is 65.2 Å². The van der Waals surface area contributed by atoms with Crippen LogP contribution in [0.25, 0.3) is 0 Å². The second-order valence-electron chi connectivity index (χ2n) is 4.98. The summed E-state index contributed by atoms with van der Waals surface area (Å²) in [4.78, 5) is 0. The van der Waals surface area contributed by atoms with Gasteiger partial charge in [-0.05, 0) is 37.1 Å². The molecule has 2 heteroatoms. The summed E-state index contributed by atoms with van der Waals surface area (Å²) in [5, 5.41) is 19.8. The average Bonchev–Trinajstić information content (AvgIpc) is 2.32. The van der Waals surface area contributed by atoms with E-state index in [2.05, 4.69) is 0 Å². The number of aryl methyl sites for hydroxylation is 1. The Hall–Kier alpha value is -1.80. The number of aromatic hydroxyl groups is 1. The minimum Gasteiger partial charge on any atom is -0.508 e. The van der Waals surface area contributed by atoms with Gasteiger partial charge in [0.1, 0.15) is 5.75 Å². The van der Waals surface area contributed by atoms with Gasteiger partial charge in [-0.25, -0.2) is 0 Å². The number of hydrogen-bond acceptors (Lipinski definition) is 2. The molecule has 0 radical (unpaired) electrons. The number of phenolic OH excluding ortho intramolecular Hbond substituents is 1. The third-order valence-corrected chi connectivity index (χ3v) is 3.16. The summed E-state index contributed by atoms with van der Waals surface area (Å²) in [6, 6.07) is 14.9. The van der Waals surface area contributed by atoms with E-state index in [1.807, 2.05) is 31.2 Å². The molecule has 0 amide bonds. The SMILES string of the molecule is Cc1ccc(CC(C)(O)c2ccc(O)cc2)cc1. The Labute approximate surface area is 108 Å². The highest BCUT2D eigenvalue weighted by Gasteiger charge is 2.23. The van der Waals surface area contributed by atoms with Gasteiger partial charge in [-0.15, -0.1) is 0 Å². The van der Waals surface area contributed by atoms with Crippen molar-refractivity contribution in [2.24, 2.45) is 0 Å². The maximum Gasteiger partial charge on any atom is 0.115 e. The molecule has 0 aliphatic rings. The molecule has 2 aromatic rings. The van der Waals surface area contributed by atoms with Crippen molar-refractivity contribution < 1.29 is 10.2 Å². The molecule has 0 heterocycles. The molecule has 1 atom stereocenters. The van der Waals surface area contributed by atoms with Crippen LogP contribution in [0, 0.1) is 6.92 Å². The van der Waals surface area contributed by atoms with E-state index in [1.165, 1.54) is 5.56 Å². The fraction of sp³-hybridized carbons (Fsp3) is 0.250.